The van der Waals surface area contributed by atoms with E-state index in [0.29, 0.717) is 16.2 Å². The molecule has 0 radical (unpaired) electrons. The van der Waals surface area contributed by atoms with E-state index in [4.69, 9.17) is 0 Å². The maximum absolute atomic E-state index is 11.9. The Morgan fingerprint density at radius 2 is 2.29 bits per heavy atom. The summed E-state index contributed by atoms with van der Waals surface area (Å²) >= 11 is 1.40. The number of carbonyl (C=O) groups is 1. The van der Waals surface area contributed by atoms with Crippen LogP contribution in [0.25, 0.3) is 5.65 Å². The van der Waals surface area contributed by atoms with Gasteiger partial charge in [0.05, 0.1) is 10.6 Å². The zero-order chi connectivity index (χ0) is 11.7. The number of hydrogen-bond donors (Lipinski definition) is 1. The summed E-state index contributed by atoms with van der Waals surface area (Å²) in [5, 5.41) is 8.70. The number of anilines is 1. The van der Waals surface area contributed by atoms with Gasteiger partial charge >= 0.3 is 0 Å². The van der Waals surface area contributed by atoms with Gasteiger partial charge in [0.2, 0.25) is 0 Å². The Bertz CT molecular complexity index is 659. The molecule has 17 heavy (non-hydrogen) atoms. The van der Waals surface area contributed by atoms with Crippen molar-refractivity contribution in [2.75, 3.05) is 5.32 Å². The van der Waals surface area contributed by atoms with Gasteiger partial charge in [-0.05, 0) is 23.6 Å². The van der Waals surface area contributed by atoms with Gasteiger partial charge in [-0.25, -0.2) is 9.50 Å². The molecule has 1 amide bonds. The molecule has 3 aromatic heterocycles. The highest BCUT2D eigenvalue weighted by Crippen LogP contribution is 2.16. The molecule has 0 fully saturated rings. The van der Waals surface area contributed by atoms with Crippen LogP contribution in [0, 0.1) is 0 Å². The third-order valence-corrected chi connectivity index (χ3v) is 3.17. The Labute approximate surface area is 101 Å². The number of rotatable bonds is 2. The second-order valence-electron chi connectivity index (χ2n) is 3.38. The molecule has 0 atom stereocenters. The Morgan fingerprint density at radius 1 is 1.35 bits per heavy atom. The summed E-state index contributed by atoms with van der Waals surface area (Å²) in [7, 11) is 0. The van der Waals surface area contributed by atoms with Crippen molar-refractivity contribution in [1.82, 2.24) is 14.6 Å². The normalized spacial score (nSPS) is 10.6. The molecule has 0 bridgehead atoms. The Kier molecular flexibility index (Phi) is 2.34. The lowest BCUT2D eigenvalue weighted by atomic mass is 10.3. The first kappa shape index (κ1) is 9.98. The molecular formula is C11H8N4OS. The van der Waals surface area contributed by atoms with E-state index in [9.17, 15) is 4.79 Å². The maximum Gasteiger partial charge on any atom is 0.265 e. The Balaban J connectivity index is 1.95. The van der Waals surface area contributed by atoms with Crippen molar-refractivity contribution in [2.45, 2.75) is 0 Å². The third-order valence-electron chi connectivity index (χ3n) is 2.30. The van der Waals surface area contributed by atoms with Crippen molar-refractivity contribution in [1.29, 1.82) is 0 Å². The predicted molar refractivity (Wildman–Crippen MR) is 65.3 cm³/mol. The van der Waals surface area contributed by atoms with Crippen LogP contribution in [0.5, 0.6) is 0 Å². The van der Waals surface area contributed by atoms with Gasteiger partial charge in [0, 0.05) is 6.20 Å². The van der Waals surface area contributed by atoms with Crippen molar-refractivity contribution in [3.05, 3.63) is 47.0 Å². The summed E-state index contributed by atoms with van der Waals surface area (Å²) in [6.45, 7) is 0. The van der Waals surface area contributed by atoms with Gasteiger partial charge in [0.15, 0.2) is 5.65 Å². The van der Waals surface area contributed by atoms with Gasteiger partial charge in [0.25, 0.3) is 5.91 Å². The topological polar surface area (TPSA) is 59.3 Å². The molecule has 3 aromatic rings. The average Bonchev–Trinajstić information content (AvgIpc) is 3.00. The van der Waals surface area contributed by atoms with Crippen LogP contribution in [0.2, 0.25) is 0 Å². The van der Waals surface area contributed by atoms with Gasteiger partial charge in [-0.1, -0.05) is 6.07 Å². The van der Waals surface area contributed by atoms with Crippen LogP contribution in [-0.2, 0) is 0 Å². The SMILES string of the molecule is O=C(Nc1cccn2ncnc12)c1cccs1. The van der Waals surface area contributed by atoms with E-state index >= 15 is 0 Å². The molecule has 5 nitrogen and oxygen atoms in total. The van der Waals surface area contributed by atoms with E-state index in [1.165, 1.54) is 17.7 Å². The first-order valence-corrected chi connectivity index (χ1v) is 5.86. The first-order valence-electron chi connectivity index (χ1n) is 4.98. The number of fused-ring (bicyclic) bond motifs is 1. The number of carbonyl (C=O) groups excluding carboxylic acids is 1. The molecular weight excluding hydrogens is 236 g/mol. The molecule has 0 spiro atoms. The second kappa shape index (κ2) is 3.99. The molecule has 0 saturated heterocycles. The number of amides is 1. The van der Waals surface area contributed by atoms with Crippen LogP contribution in [0.1, 0.15) is 9.67 Å². The van der Waals surface area contributed by atoms with Crippen LogP contribution in [0.3, 0.4) is 0 Å². The van der Waals surface area contributed by atoms with Gasteiger partial charge in [-0.2, -0.15) is 5.10 Å². The van der Waals surface area contributed by atoms with E-state index in [1.807, 2.05) is 17.5 Å². The fraction of sp³-hybridized carbons (Fsp3) is 0. The van der Waals surface area contributed by atoms with Gasteiger partial charge < -0.3 is 5.32 Å². The third kappa shape index (κ3) is 1.78. The minimum atomic E-state index is -0.129. The lowest BCUT2D eigenvalue weighted by Crippen LogP contribution is -2.11. The summed E-state index contributed by atoms with van der Waals surface area (Å²) in [5.74, 6) is -0.129. The van der Waals surface area contributed by atoms with E-state index < -0.39 is 0 Å². The molecule has 84 valence electrons. The van der Waals surface area contributed by atoms with Crippen molar-refractivity contribution in [3.63, 3.8) is 0 Å². The van der Waals surface area contributed by atoms with Gasteiger partial charge in [-0.3, -0.25) is 4.79 Å². The number of aromatic nitrogens is 3. The number of nitrogens with zero attached hydrogens (tertiary/aromatic N) is 3. The van der Waals surface area contributed by atoms with Crippen LogP contribution >= 0.6 is 11.3 Å². The zero-order valence-corrected chi connectivity index (χ0v) is 9.52. The fourth-order valence-electron chi connectivity index (χ4n) is 1.54. The largest absolute Gasteiger partial charge is 0.318 e. The van der Waals surface area contributed by atoms with E-state index in [-0.39, 0.29) is 5.91 Å². The molecule has 0 aromatic carbocycles. The molecule has 0 aliphatic carbocycles. The molecule has 6 heteroatoms. The smallest absolute Gasteiger partial charge is 0.265 e. The molecule has 3 rings (SSSR count). The molecule has 0 aliphatic heterocycles. The van der Waals surface area contributed by atoms with E-state index in [0.717, 1.165) is 0 Å². The lowest BCUT2D eigenvalue weighted by molar-refractivity contribution is 0.103. The Hall–Kier alpha value is -2.21. The monoisotopic (exact) mass is 244 g/mol. The summed E-state index contributed by atoms with van der Waals surface area (Å²) < 4.78 is 1.62. The molecule has 0 saturated carbocycles. The quantitative estimate of drug-likeness (QED) is 0.750. The Morgan fingerprint density at radius 3 is 3.12 bits per heavy atom. The fourth-order valence-corrected chi connectivity index (χ4v) is 2.16. The van der Waals surface area contributed by atoms with Gasteiger partial charge in [-0.15, -0.1) is 11.3 Å². The highest BCUT2D eigenvalue weighted by molar-refractivity contribution is 7.12. The number of thiophene rings is 1. The van der Waals surface area contributed by atoms with Crippen molar-refractivity contribution >= 4 is 28.6 Å². The summed E-state index contributed by atoms with van der Waals surface area (Å²) in [5.41, 5.74) is 1.29. The van der Waals surface area contributed by atoms with E-state index in [1.54, 1.807) is 22.8 Å². The predicted octanol–water partition coefficient (Wildman–Crippen LogP) is 2.04. The van der Waals surface area contributed by atoms with Crippen molar-refractivity contribution < 1.29 is 4.79 Å². The maximum atomic E-state index is 11.9. The lowest BCUT2D eigenvalue weighted by Gasteiger charge is -2.04. The van der Waals surface area contributed by atoms with E-state index in [2.05, 4.69) is 15.4 Å². The van der Waals surface area contributed by atoms with Gasteiger partial charge in [0.1, 0.15) is 6.33 Å². The summed E-state index contributed by atoms with van der Waals surface area (Å²) in [4.78, 5) is 16.6. The van der Waals surface area contributed by atoms with Crippen LogP contribution in [0.4, 0.5) is 5.69 Å². The summed E-state index contributed by atoms with van der Waals surface area (Å²) in [6.07, 6.45) is 3.24. The van der Waals surface area contributed by atoms with Crippen LogP contribution in [0.15, 0.2) is 42.2 Å². The number of hydrogen-bond acceptors (Lipinski definition) is 4. The highest BCUT2D eigenvalue weighted by atomic mass is 32.1. The second-order valence-corrected chi connectivity index (χ2v) is 4.33. The molecule has 0 aliphatic rings. The molecule has 3 heterocycles. The molecule has 0 unspecified atom stereocenters. The number of nitrogens with one attached hydrogen (secondary N) is 1. The minimum absolute atomic E-state index is 0.129. The van der Waals surface area contributed by atoms with Crippen molar-refractivity contribution in [2.24, 2.45) is 0 Å². The molecule has 1 N–H and O–H groups in total. The number of pyridine rings is 1. The summed E-state index contributed by atoms with van der Waals surface area (Å²) in [6, 6.07) is 7.24. The first-order chi connectivity index (χ1) is 8.34. The highest BCUT2D eigenvalue weighted by Gasteiger charge is 2.09. The minimum Gasteiger partial charge on any atom is -0.318 e. The standard InChI is InChI=1S/C11H8N4OS/c16-11(9-4-2-6-17-9)14-8-3-1-5-15-10(8)12-7-13-15/h1-7H,(H,14,16). The average molecular weight is 244 g/mol. The van der Waals surface area contributed by atoms with Crippen molar-refractivity contribution in [3.8, 4) is 0 Å². The zero-order valence-electron chi connectivity index (χ0n) is 8.70. The van der Waals surface area contributed by atoms with Crippen LogP contribution in [-0.4, -0.2) is 20.5 Å². The van der Waals surface area contributed by atoms with Crippen LogP contribution < -0.4 is 5.32 Å².